The van der Waals surface area contributed by atoms with Crippen molar-refractivity contribution in [1.29, 1.82) is 0 Å². The fourth-order valence-corrected chi connectivity index (χ4v) is 2.15. The number of nitrogens with zero attached hydrogens (tertiary/aromatic N) is 1. The maximum absolute atomic E-state index is 12.1. The van der Waals surface area contributed by atoms with Gasteiger partial charge in [0.25, 0.3) is 5.56 Å². The van der Waals surface area contributed by atoms with Crippen LogP contribution in [-0.4, -0.2) is 17.1 Å². The van der Waals surface area contributed by atoms with Gasteiger partial charge in [0.05, 0.1) is 6.61 Å². The van der Waals surface area contributed by atoms with E-state index < -0.39 is 0 Å². The summed E-state index contributed by atoms with van der Waals surface area (Å²) in [6.45, 7) is 3.97. The van der Waals surface area contributed by atoms with Crippen LogP contribution in [-0.2, 0) is 11.3 Å². The van der Waals surface area contributed by atoms with Crippen molar-refractivity contribution in [2.75, 3.05) is 11.9 Å². The van der Waals surface area contributed by atoms with Crippen molar-refractivity contribution in [3.05, 3.63) is 57.5 Å². The quantitative estimate of drug-likeness (QED) is 0.921. The van der Waals surface area contributed by atoms with E-state index in [4.69, 9.17) is 16.3 Å². The van der Waals surface area contributed by atoms with Gasteiger partial charge >= 0.3 is 0 Å². The van der Waals surface area contributed by atoms with Gasteiger partial charge in [0.15, 0.2) is 5.75 Å². The molecule has 0 fully saturated rings. The average Bonchev–Trinajstić information content (AvgIpc) is 2.47. The number of pyridine rings is 1. The van der Waals surface area contributed by atoms with E-state index in [2.05, 4.69) is 5.32 Å². The number of carbonyl (C=O) groups is 1. The van der Waals surface area contributed by atoms with Crippen LogP contribution in [0.1, 0.15) is 12.5 Å². The van der Waals surface area contributed by atoms with Gasteiger partial charge in [-0.2, -0.15) is 0 Å². The van der Waals surface area contributed by atoms with Crippen molar-refractivity contribution >= 4 is 23.2 Å². The largest absolute Gasteiger partial charge is 0.488 e. The van der Waals surface area contributed by atoms with Gasteiger partial charge in [0.2, 0.25) is 5.91 Å². The SMILES string of the molecule is CCOc1cccn(CC(=O)Nc2cc(Cl)ccc2C)c1=O. The number of anilines is 1. The molecule has 1 N–H and O–H groups in total. The fraction of sp³-hybridized carbons (Fsp3) is 0.250. The Morgan fingerprint density at radius 1 is 1.36 bits per heavy atom. The predicted octanol–water partition coefficient (Wildman–Crippen LogP) is 2.85. The Hall–Kier alpha value is -2.27. The molecule has 116 valence electrons. The van der Waals surface area contributed by atoms with Crippen LogP contribution < -0.4 is 15.6 Å². The third kappa shape index (κ3) is 3.89. The van der Waals surface area contributed by atoms with Crippen molar-refractivity contribution in [2.24, 2.45) is 0 Å². The van der Waals surface area contributed by atoms with E-state index in [9.17, 15) is 9.59 Å². The molecular formula is C16H17ClN2O3. The highest BCUT2D eigenvalue weighted by Gasteiger charge is 2.09. The van der Waals surface area contributed by atoms with Crippen molar-refractivity contribution in [1.82, 2.24) is 4.57 Å². The molecule has 2 aromatic rings. The highest BCUT2D eigenvalue weighted by atomic mass is 35.5. The third-order valence-electron chi connectivity index (χ3n) is 3.07. The molecule has 0 atom stereocenters. The van der Waals surface area contributed by atoms with Gasteiger partial charge in [-0.25, -0.2) is 0 Å². The van der Waals surface area contributed by atoms with Crippen LogP contribution in [0.25, 0.3) is 0 Å². The van der Waals surface area contributed by atoms with Gasteiger partial charge in [-0.3, -0.25) is 9.59 Å². The molecule has 0 spiro atoms. The van der Waals surface area contributed by atoms with Gasteiger partial charge in [-0.15, -0.1) is 0 Å². The number of aromatic nitrogens is 1. The Kier molecular flexibility index (Phi) is 5.22. The van der Waals surface area contributed by atoms with E-state index in [0.717, 1.165) is 5.56 Å². The lowest BCUT2D eigenvalue weighted by Crippen LogP contribution is -2.28. The second kappa shape index (κ2) is 7.13. The molecule has 0 unspecified atom stereocenters. The third-order valence-corrected chi connectivity index (χ3v) is 3.31. The number of hydrogen-bond acceptors (Lipinski definition) is 3. The second-order valence-corrected chi connectivity index (χ2v) is 5.18. The zero-order valence-electron chi connectivity index (χ0n) is 12.4. The van der Waals surface area contributed by atoms with Crippen molar-refractivity contribution < 1.29 is 9.53 Å². The Bertz CT molecular complexity index is 740. The van der Waals surface area contributed by atoms with Crippen LogP contribution >= 0.6 is 11.6 Å². The van der Waals surface area contributed by atoms with Crippen LogP contribution in [0.3, 0.4) is 0 Å². The molecule has 1 amide bonds. The molecule has 5 nitrogen and oxygen atoms in total. The topological polar surface area (TPSA) is 60.3 Å². The van der Waals surface area contributed by atoms with E-state index in [0.29, 0.717) is 17.3 Å². The number of hydrogen-bond donors (Lipinski definition) is 1. The molecule has 0 aliphatic heterocycles. The van der Waals surface area contributed by atoms with E-state index in [1.807, 2.05) is 13.0 Å². The molecule has 0 radical (unpaired) electrons. The van der Waals surface area contributed by atoms with Crippen molar-refractivity contribution in [3.63, 3.8) is 0 Å². The summed E-state index contributed by atoms with van der Waals surface area (Å²) in [5, 5.41) is 3.29. The maximum Gasteiger partial charge on any atom is 0.293 e. The number of benzene rings is 1. The first-order chi connectivity index (χ1) is 10.5. The first-order valence-electron chi connectivity index (χ1n) is 6.89. The van der Waals surface area contributed by atoms with E-state index in [-0.39, 0.29) is 23.8 Å². The lowest BCUT2D eigenvalue weighted by Gasteiger charge is -2.11. The molecule has 22 heavy (non-hydrogen) atoms. The molecular weight excluding hydrogens is 304 g/mol. The van der Waals surface area contributed by atoms with Gasteiger partial charge in [-0.1, -0.05) is 17.7 Å². The number of amides is 1. The molecule has 0 bridgehead atoms. The lowest BCUT2D eigenvalue weighted by molar-refractivity contribution is -0.116. The van der Waals surface area contributed by atoms with Crippen LogP contribution in [0.2, 0.25) is 5.02 Å². The average molecular weight is 321 g/mol. The highest BCUT2D eigenvalue weighted by Crippen LogP contribution is 2.20. The standard InChI is InChI=1S/C16H17ClN2O3/c1-3-22-14-5-4-8-19(16(14)21)10-15(20)18-13-9-12(17)7-6-11(13)2/h4-9H,3,10H2,1-2H3,(H,18,20). The molecule has 1 aromatic heterocycles. The smallest absolute Gasteiger partial charge is 0.293 e. The molecule has 2 rings (SSSR count). The Balaban J connectivity index is 2.14. The highest BCUT2D eigenvalue weighted by molar-refractivity contribution is 6.31. The monoisotopic (exact) mass is 320 g/mol. The summed E-state index contributed by atoms with van der Waals surface area (Å²) in [5.74, 6) is -0.0714. The van der Waals surface area contributed by atoms with Gasteiger partial charge in [0.1, 0.15) is 6.54 Å². The summed E-state index contributed by atoms with van der Waals surface area (Å²) >= 11 is 5.92. The molecule has 0 saturated heterocycles. The lowest BCUT2D eigenvalue weighted by atomic mass is 10.2. The Morgan fingerprint density at radius 3 is 2.86 bits per heavy atom. The number of ether oxygens (including phenoxy) is 1. The minimum atomic E-state index is -0.331. The number of aryl methyl sites for hydroxylation is 1. The number of rotatable bonds is 5. The van der Waals surface area contributed by atoms with Crippen LogP contribution in [0.15, 0.2) is 41.3 Å². The minimum Gasteiger partial charge on any atom is -0.488 e. The molecule has 0 aliphatic carbocycles. The second-order valence-electron chi connectivity index (χ2n) is 4.75. The van der Waals surface area contributed by atoms with Crippen molar-refractivity contribution in [2.45, 2.75) is 20.4 Å². The molecule has 1 heterocycles. The zero-order valence-corrected chi connectivity index (χ0v) is 13.2. The summed E-state index contributed by atoms with van der Waals surface area (Å²) in [6.07, 6.45) is 1.55. The number of nitrogens with one attached hydrogen (secondary N) is 1. The summed E-state index contributed by atoms with van der Waals surface area (Å²) in [6, 6.07) is 8.50. The van der Waals surface area contributed by atoms with Gasteiger partial charge < -0.3 is 14.6 Å². The molecule has 0 saturated carbocycles. The van der Waals surface area contributed by atoms with Crippen LogP contribution in [0, 0.1) is 6.92 Å². The van der Waals surface area contributed by atoms with E-state index in [1.54, 1.807) is 37.4 Å². The Morgan fingerprint density at radius 2 is 2.14 bits per heavy atom. The maximum atomic E-state index is 12.1. The molecule has 0 aliphatic rings. The van der Waals surface area contributed by atoms with Crippen LogP contribution in [0.4, 0.5) is 5.69 Å². The normalized spacial score (nSPS) is 10.3. The summed E-state index contributed by atoms with van der Waals surface area (Å²) in [7, 11) is 0. The van der Waals surface area contributed by atoms with Gasteiger partial charge in [0, 0.05) is 16.9 Å². The summed E-state index contributed by atoms with van der Waals surface area (Å²) < 4.78 is 6.54. The fourth-order valence-electron chi connectivity index (χ4n) is 1.98. The number of halogens is 1. The first-order valence-corrected chi connectivity index (χ1v) is 7.27. The molecule has 6 heteroatoms. The van der Waals surface area contributed by atoms with Crippen LogP contribution in [0.5, 0.6) is 5.75 Å². The first kappa shape index (κ1) is 16.1. The zero-order chi connectivity index (χ0) is 16.1. The van der Waals surface area contributed by atoms with Gasteiger partial charge in [-0.05, 0) is 43.7 Å². The van der Waals surface area contributed by atoms with Crippen molar-refractivity contribution in [3.8, 4) is 5.75 Å². The van der Waals surface area contributed by atoms with E-state index >= 15 is 0 Å². The van der Waals surface area contributed by atoms with E-state index in [1.165, 1.54) is 4.57 Å². The number of carbonyl (C=O) groups excluding carboxylic acids is 1. The predicted molar refractivity (Wildman–Crippen MR) is 86.7 cm³/mol. The molecule has 1 aromatic carbocycles. The summed E-state index contributed by atoms with van der Waals surface area (Å²) in [4.78, 5) is 24.2. The Labute approximate surface area is 133 Å². The minimum absolute atomic E-state index is 0.0916. The summed E-state index contributed by atoms with van der Waals surface area (Å²) in [5.41, 5.74) is 1.20.